The number of H-pyrrole nitrogens is 1. The molecule has 106 valence electrons. The van der Waals surface area contributed by atoms with Gasteiger partial charge in [-0.2, -0.15) is 0 Å². The van der Waals surface area contributed by atoms with Gasteiger partial charge in [-0.1, -0.05) is 11.8 Å². The van der Waals surface area contributed by atoms with Gasteiger partial charge < -0.3 is 10.2 Å². The number of carbonyl (C=O) groups is 1. The quantitative estimate of drug-likeness (QED) is 0.431. The SMILES string of the molecule is CCn1c(SCC(=O)c2ccc(O)c(O)c2)n[nH]c1=O. The number of phenols is 2. The first-order valence-electron chi connectivity index (χ1n) is 5.86. The summed E-state index contributed by atoms with van der Waals surface area (Å²) in [5, 5.41) is 25.1. The summed E-state index contributed by atoms with van der Waals surface area (Å²) in [5.74, 6) is -0.773. The predicted molar refractivity (Wildman–Crippen MR) is 73.3 cm³/mol. The second-order valence-electron chi connectivity index (χ2n) is 3.97. The van der Waals surface area contributed by atoms with Crippen LogP contribution < -0.4 is 5.69 Å². The van der Waals surface area contributed by atoms with Gasteiger partial charge >= 0.3 is 5.69 Å². The standard InChI is InChI=1S/C12H13N3O4S/c1-2-15-11(19)13-14-12(15)20-6-10(18)7-3-4-8(16)9(17)5-7/h3-5,16-17H,2,6H2,1H3,(H,13,19). The van der Waals surface area contributed by atoms with Crippen molar-refractivity contribution in [3.8, 4) is 11.5 Å². The topological polar surface area (TPSA) is 108 Å². The summed E-state index contributed by atoms with van der Waals surface area (Å²) >= 11 is 1.13. The van der Waals surface area contributed by atoms with Crippen LogP contribution in [-0.4, -0.2) is 36.5 Å². The molecule has 0 saturated heterocycles. The summed E-state index contributed by atoms with van der Waals surface area (Å²) in [5.41, 5.74) is -0.0292. The van der Waals surface area contributed by atoms with Crippen LogP contribution in [0.5, 0.6) is 11.5 Å². The Labute approximate surface area is 118 Å². The van der Waals surface area contributed by atoms with Gasteiger partial charge in [-0.15, -0.1) is 5.10 Å². The molecule has 0 radical (unpaired) electrons. The number of ketones is 1. The highest BCUT2D eigenvalue weighted by molar-refractivity contribution is 7.99. The van der Waals surface area contributed by atoms with Gasteiger partial charge in [-0.25, -0.2) is 9.89 Å². The average molecular weight is 295 g/mol. The number of carbonyl (C=O) groups excluding carboxylic acids is 1. The van der Waals surface area contributed by atoms with Gasteiger partial charge in [-0.3, -0.25) is 9.36 Å². The summed E-state index contributed by atoms with van der Waals surface area (Å²) in [6, 6.07) is 3.88. The number of aromatic amines is 1. The zero-order chi connectivity index (χ0) is 14.7. The van der Waals surface area contributed by atoms with Gasteiger partial charge in [0.05, 0.1) is 5.75 Å². The Bertz CT molecular complexity index is 692. The van der Waals surface area contributed by atoms with Crippen LogP contribution in [0.25, 0.3) is 0 Å². The van der Waals surface area contributed by atoms with Crippen molar-refractivity contribution in [2.45, 2.75) is 18.6 Å². The normalized spacial score (nSPS) is 10.7. The van der Waals surface area contributed by atoms with Crippen molar-refractivity contribution in [2.24, 2.45) is 0 Å². The van der Waals surface area contributed by atoms with Crippen molar-refractivity contribution in [2.75, 3.05) is 5.75 Å². The van der Waals surface area contributed by atoms with Crippen molar-refractivity contribution in [1.82, 2.24) is 14.8 Å². The maximum absolute atomic E-state index is 11.9. The van der Waals surface area contributed by atoms with E-state index in [1.165, 1.54) is 22.8 Å². The molecule has 0 amide bonds. The molecule has 0 fully saturated rings. The number of hydrogen-bond acceptors (Lipinski definition) is 6. The van der Waals surface area contributed by atoms with Crippen molar-refractivity contribution >= 4 is 17.5 Å². The molecule has 3 N–H and O–H groups in total. The largest absolute Gasteiger partial charge is 0.504 e. The molecule has 1 aromatic heterocycles. The Morgan fingerprint density at radius 3 is 2.80 bits per heavy atom. The molecule has 1 aromatic carbocycles. The number of nitrogens with zero attached hydrogens (tertiary/aromatic N) is 2. The van der Waals surface area contributed by atoms with E-state index in [-0.39, 0.29) is 34.3 Å². The summed E-state index contributed by atoms with van der Waals surface area (Å²) in [7, 11) is 0. The lowest BCUT2D eigenvalue weighted by Crippen LogP contribution is -2.16. The first-order valence-corrected chi connectivity index (χ1v) is 6.84. The first kappa shape index (κ1) is 14.2. The first-order chi connectivity index (χ1) is 9.52. The molecule has 0 bridgehead atoms. The van der Waals surface area contributed by atoms with Crippen LogP contribution in [-0.2, 0) is 6.54 Å². The number of phenolic OH excluding ortho intramolecular Hbond substituents is 2. The molecule has 0 aliphatic carbocycles. The van der Waals surface area contributed by atoms with Crippen molar-refractivity contribution in [1.29, 1.82) is 0 Å². The molecule has 2 aromatic rings. The van der Waals surface area contributed by atoms with Gasteiger partial charge in [0, 0.05) is 12.1 Å². The van der Waals surface area contributed by atoms with Gasteiger partial charge in [0.15, 0.2) is 22.4 Å². The third-order valence-electron chi connectivity index (χ3n) is 2.67. The highest BCUT2D eigenvalue weighted by Crippen LogP contribution is 2.26. The van der Waals surface area contributed by atoms with Gasteiger partial charge in [0.1, 0.15) is 0 Å². The molecule has 0 spiro atoms. The lowest BCUT2D eigenvalue weighted by Gasteiger charge is -2.03. The van der Waals surface area contributed by atoms with Crippen molar-refractivity contribution in [3.05, 3.63) is 34.2 Å². The molecule has 20 heavy (non-hydrogen) atoms. The number of rotatable bonds is 5. The Morgan fingerprint density at radius 2 is 2.15 bits per heavy atom. The molecule has 2 rings (SSSR count). The van der Waals surface area contributed by atoms with E-state index in [1.54, 1.807) is 6.92 Å². The summed E-state index contributed by atoms with van der Waals surface area (Å²) in [6.07, 6.45) is 0. The molecule has 8 heteroatoms. The summed E-state index contributed by atoms with van der Waals surface area (Å²) < 4.78 is 1.42. The van der Waals surface area contributed by atoms with E-state index in [9.17, 15) is 19.8 Å². The highest BCUT2D eigenvalue weighted by atomic mass is 32.2. The van der Waals surface area contributed by atoms with Crippen LogP contribution in [0.2, 0.25) is 0 Å². The smallest absolute Gasteiger partial charge is 0.343 e. The Kier molecular flexibility index (Phi) is 4.14. The number of benzene rings is 1. The molecule has 0 saturated carbocycles. The number of thioether (sulfide) groups is 1. The van der Waals surface area contributed by atoms with Crippen LogP contribution in [0, 0.1) is 0 Å². The number of aromatic hydroxyl groups is 2. The fourth-order valence-electron chi connectivity index (χ4n) is 1.60. The van der Waals surface area contributed by atoms with E-state index in [4.69, 9.17) is 0 Å². The molecule has 0 aliphatic heterocycles. The average Bonchev–Trinajstić information content (AvgIpc) is 2.79. The Hall–Kier alpha value is -2.22. The van der Waals surface area contributed by atoms with Crippen LogP contribution in [0.3, 0.4) is 0 Å². The van der Waals surface area contributed by atoms with E-state index in [1.807, 2.05) is 0 Å². The van der Waals surface area contributed by atoms with E-state index in [2.05, 4.69) is 10.2 Å². The van der Waals surface area contributed by atoms with E-state index >= 15 is 0 Å². The van der Waals surface area contributed by atoms with E-state index < -0.39 is 0 Å². The van der Waals surface area contributed by atoms with E-state index in [0.717, 1.165) is 11.8 Å². The minimum atomic E-state index is -0.342. The molecule has 0 aliphatic rings. The summed E-state index contributed by atoms with van der Waals surface area (Å²) in [6.45, 7) is 2.27. The minimum absolute atomic E-state index is 0.0779. The highest BCUT2D eigenvalue weighted by Gasteiger charge is 2.13. The second kappa shape index (κ2) is 5.83. The van der Waals surface area contributed by atoms with E-state index in [0.29, 0.717) is 11.7 Å². The zero-order valence-electron chi connectivity index (χ0n) is 10.7. The lowest BCUT2D eigenvalue weighted by molar-refractivity contribution is 0.102. The van der Waals surface area contributed by atoms with Gasteiger partial charge in [0.2, 0.25) is 0 Å². The molecule has 7 nitrogen and oxygen atoms in total. The second-order valence-corrected chi connectivity index (χ2v) is 4.91. The molecule has 0 unspecified atom stereocenters. The summed E-state index contributed by atoms with van der Waals surface area (Å²) in [4.78, 5) is 23.3. The van der Waals surface area contributed by atoms with Crippen molar-refractivity contribution < 1.29 is 15.0 Å². The number of nitrogens with one attached hydrogen (secondary N) is 1. The fraction of sp³-hybridized carbons (Fsp3) is 0.250. The maximum atomic E-state index is 11.9. The molecular formula is C12H13N3O4S. The van der Waals surface area contributed by atoms with Gasteiger partial charge in [-0.05, 0) is 25.1 Å². The Morgan fingerprint density at radius 1 is 1.40 bits per heavy atom. The third kappa shape index (κ3) is 2.85. The van der Waals surface area contributed by atoms with Crippen molar-refractivity contribution in [3.63, 3.8) is 0 Å². The third-order valence-corrected chi connectivity index (χ3v) is 3.65. The predicted octanol–water partition coefficient (Wildman–Crippen LogP) is 0.977. The zero-order valence-corrected chi connectivity index (χ0v) is 11.5. The monoisotopic (exact) mass is 295 g/mol. The van der Waals surface area contributed by atoms with Crippen LogP contribution >= 0.6 is 11.8 Å². The minimum Gasteiger partial charge on any atom is -0.504 e. The molecule has 1 heterocycles. The lowest BCUT2D eigenvalue weighted by atomic mass is 10.1. The fourth-order valence-corrected chi connectivity index (χ4v) is 2.51. The number of hydrogen-bond donors (Lipinski definition) is 3. The molecular weight excluding hydrogens is 282 g/mol. The molecule has 0 atom stereocenters. The van der Waals surface area contributed by atoms with Crippen LogP contribution in [0.15, 0.2) is 28.2 Å². The van der Waals surface area contributed by atoms with Crippen LogP contribution in [0.1, 0.15) is 17.3 Å². The number of aromatic nitrogens is 3. The van der Waals surface area contributed by atoms with Gasteiger partial charge in [0.25, 0.3) is 0 Å². The number of Topliss-reactive ketones (excluding diaryl/α,β-unsaturated/α-hetero) is 1. The maximum Gasteiger partial charge on any atom is 0.343 e. The Balaban J connectivity index is 2.08. The van der Waals surface area contributed by atoms with Crippen LogP contribution in [0.4, 0.5) is 0 Å².